The standard InChI is InChI=1S/C31H27F3O/c1-6-23-24(11-9-21-8-7-18(3)20(5)29(21)23)25-12-10-22(15-28(25)31(32,33)34)27-14-17(2)13-26-19(4)16-35-30(26)27/h6-15,19H,3,16H2,1-2,4-5H3. The van der Waals surface area contributed by atoms with Gasteiger partial charge in [-0.1, -0.05) is 62.0 Å². The fraction of sp³-hybridized carbons (Fsp3) is 0.226. The number of alkyl halides is 3. The van der Waals surface area contributed by atoms with Crippen LogP contribution in [0.1, 0.15) is 42.0 Å². The molecule has 1 atom stereocenters. The average molecular weight is 473 g/mol. The highest BCUT2D eigenvalue weighted by Crippen LogP contribution is 2.45. The van der Waals surface area contributed by atoms with Gasteiger partial charge >= 0.3 is 6.18 Å². The minimum atomic E-state index is -4.52. The van der Waals surface area contributed by atoms with Crippen molar-refractivity contribution in [1.82, 2.24) is 0 Å². The lowest BCUT2D eigenvalue weighted by molar-refractivity contribution is -0.137. The zero-order valence-electron chi connectivity index (χ0n) is 20.3. The smallest absolute Gasteiger partial charge is 0.417 e. The van der Waals surface area contributed by atoms with Gasteiger partial charge in [-0.3, -0.25) is 0 Å². The largest absolute Gasteiger partial charge is 0.492 e. The van der Waals surface area contributed by atoms with E-state index >= 15 is 0 Å². The Kier molecular flexibility index (Phi) is 5.51. The van der Waals surface area contributed by atoms with Gasteiger partial charge in [0.2, 0.25) is 0 Å². The lowest BCUT2D eigenvalue weighted by atomic mass is 9.89. The molecule has 1 nitrogen and oxygen atoms in total. The summed E-state index contributed by atoms with van der Waals surface area (Å²) in [6, 6.07) is 16.2. The Labute approximate surface area is 203 Å². The molecule has 1 aliphatic heterocycles. The zero-order valence-corrected chi connectivity index (χ0v) is 20.3. The molecule has 4 heteroatoms. The quantitative estimate of drug-likeness (QED) is 0.293. The maximum absolute atomic E-state index is 14.5. The van der Waals surface area contributed by atoms with E-state index in [1.165, 1.54) is 6.07 Å². The van der Waals surface area contributed by atoms with Crippen molar-refractivity contribution in [3.63, 3.8) is 0 Å². The van der Waals surface area contributed by atoms with E-state index in [4.69, 9.17) is 4.74 Å². The van der Waals surface area contributed by atoms with Gasteiger partial charge in [-0.15, -0.1) is 0 Å². The Hall–Kier alpha value is -3.53. The van der Waals surface area contributed by atoms with Crippen LogP contribution in [0.4, 0.5) is 13.2 Å². The van der Waals surface area contributed by atoms with Crippen LogP contribution < -0.4 is 15.2 Å². The van der Waals surface area contributed by atoms with E-state index in [-0.39, 0.29) is 11.5 Å². The molecule has 0 aromatic heterocycles. The second-order valence-corrected chi connectivity index (χ2v) is 9.46. The van der Waals surface area contributed by atoms with Crippen LogP contribution in [-0.4, -0.2) is 6.61 Å². The lowest BCUT2D eigenvalue weighted by Gasteiger charge is -2.18. The van der Waals surface area contributed by atoms with Gasteiger partial charge in [-0.2, -0.15) is 13.2 Å². The second kappa shape index (κ2) is 8.30. The van der Waals surface area contributed by atoms with Gasteiger partial charge in [0.25, 0.3) is 0 Å². The molecule has 0 bridgehead atoms. The predicted octanol–water partition coefficient (Wildman–Crippen LogP) is 7.52. The Bertz CT molecular complexity index is 1600. The minimum absolute atomic E-state index is 0.170. The number of halogens is 3. The summed E-state index contributed by atoms with van der Waals surface area (Å²) in [7, 11) is 0. The summed E-state index contributed by atoms with van der Waals surface area (Å²) in [6.07, 6.45) is -2.63. The summed E-state index contributed by atoms with van der Waals surface area (Å²) in [5.74, 6) is 0.905. The van der Waals surface area contributed by atoms with Crippen molar-refractivity contribution >= 4 is 23.4 Å². The Morgan fingerprint density at radius 3 is 2.37 bits per heavy atom. The predicted molar refractivity (Wildman–Crippen MR) is 138 cm³/mol. The molecule has 4 aromatic carbocycles. The molecule has 178 valence electrons. The fourth-order valence-electron chi connectivity index (χ4n) is 5.23. The van der Waals surface area contributed by atoms with Crippen molar-refractivity contribution in [2.24, 2.45) is 0 Å². The van der Waals surface area contributed by atoms with Crippen molar-refractivity contribution in [1.29, 1.82) is 0 Å². The van der Waals surface area contributed by atoms with Crippen LogP contribution in [0.25, 0.3) is 45.7 Å². The fourth-order valence-corrected chi connectivity index (χ4v) is 5.23. The SMILES string of the molecule is C=c1ccc2ccc(-c3ccc(-c4cc(C)cc5c4OCC5C)cc3C(F)(F)F)c(=CC)c2c1C. The molecule has 1 aliphatic rings. The summed E-state index contributed by atoms with van der Waals surface area (Å²) >= 11 is 0. The number of hydrogen-bond acceptors (Lipinski definition) is 1. The maximum Gasteiger partial charge on any atom is 0.417 e. The topological polar surface area (TPSA) is 9.23 Å². The highest BCUT2D eigenvalue weighted by atomic mass is 19.4. The number of hydrogen-bond donors (Lipinski definition) is 0. The first-order valence-corrected chi connectivity index (χ1v) is 11.8. The van der Waals surface area contributed by atoms with E-state index in [0.717, 1.165) is 37.9 Å². The monoisotopic (exact) mass is 472 g/mol. The number of rotatable bonds is 2. The first-order valence-electron chi connectivity index (χ1n) is 11.8. The molecule has 0 spiro atoms. The highest BCUT2D eigenvalue weighted by molar-refractivity contribution is 5.92. The third-order valence-electron chi connectivity index (χ3n) is 7.08. The Morgan fingerprint density at radius 1 is 0.943 bits per heavy atom. The van der Waals surface area contributed by atoms with Crippen LogP contribution in [0, 0.1) is 13.8 Å². The normalized spacial score (nSPS) is 16.0. The second-order valence-electron chi connectivity index (χ2n) is 9.46. The van der Waals surface area contributed by atoms with Crippen molar-refractivity contribution in [2.45, 2.75) is 39.8 Å². The van der Waals surface area contributed by atoms with Gasteiger partial charge in [0.05, 0.1) is 12.2 Å². The van der Waals surface area contributed by atoms with Crippen LogP contribution in [0.3, 0.4) is 0 Å². The third-order valence-corrected chi connectivity index (χ3v) is 7.08. The minimum Gasteiger partial charge on any atom is -0.492 e. The molecule has 0 saturated carbocycles. The van der Waals surface area contributed by atoms with E-state index < -0.39 is 11.7 Å². The highest BCUT2D eigenvalue weighted by Gasteiger charge is 2.35. The molecule has 1 unspecified atom stereocenters. The molecule has 1 heterocycles. The van der Waals surface area contributed by atoms with Gasteiger partial charge in [0.15, 0.2) is 0 Å². The first kappa shape index (κ1) is 23.2. The van der Waals surface area contributed by atoms with Gasteiger partial charge in [-0.05, 0) is 81.9 Å². The molecule has 0 fully saturated rings. The summed E-state index contributed by atoms with van der Waals surface area (Å²) in [4.78, 5) is 0. The summed E-state index contributed by atoms with van der Waals surface area (Å²) in [5.41, 5.74) is 4.33. The molecular weight excluding hydrogens is 445 g/mol. The van der Waals surface area contributed by atoms with Crippen molar-refractivity contribution < 1.29 is 17.9 Å². The van der Waals surface area contributed by atoms with Crippen LogP contribution in [0.15, 0.2) is 54.6 Å². The van der Waals surface area contributed by atoms with E-state index in [1.807, 2.05) is 51.1 Å². The zero-order chi connectivity index (χ0) is 25.1. The Balaban J connectivity index is 1.79. The number of benzene rings is 4. The van der Waals surface area contributed by atoms with E-state index in [9.17, 15) is 13.2 Å². The van der Waals surface area contributed by atoms with Gasteiger partial charge in [0.1, 0.15) is 5.75 Å². The Morgan fingerprint density at radius 2 is 1.66 bits per heavy atom. The molecular formula is C31H27F3O. The molecule has 0 N–H and O–H groups in total. The maximum atomic E-state index is 14.5. The van der Waals surface area contributed by atoms with Crippen LogP contribution in [0.5, 0.6) is 5.75 Å². The van der Waals surface area contributed by atoms with Crippen LogP contribution in [0.2, 0.25) is 0 Å². The molecule has 35 heavy (non-hydrogen) atoms. The molecule has 4 aromatic rings. The average Bonchev–Trinajstić information content (AvgIpc) is 3.19. The summed E-state index contributed by atoms with van der Waals surface area (Å²) in [6.45, 7) is 12.5. The molecule has 0 amide bonds. The van der Waals surface area contributed by atoms with Crippen molar-refractivity contribution in [3.05, 3.63) is 87.3 Å². The van der Waals surface area contributed by atoms with E-state index in [2.05, 4.69) is 19.6 Å². The number of aryl methyl sites for hydroxylation is 2. The molecule has 0 radical (unpaired) electrons. The van der Waals surface area contributed by atoms with Gasteiger partial charge < -0.3 is 4.74 Å². The van der Waals surface area contributed by atoms with Crippen LogP contribution >= 0.6 is 0 Å². The number of ether oxygens (including phenoxy) is 1. The first-order chi connectivity index (χ1) is 16.6. The van der Waals surface area contributed by atoms with Crippen molar-refractivity contribution in [3.8, 4) is 28.0 Å². The van der Waals surface area contributed by atoms with Crippen LogP contribution in [-0.2, 0) is 6.18 Å². The van der Waals surface area contributed by atoms with E-state index in [0.29, 0.717) is 29.0 Å². The summed E-state index contributed by atoms with van der Waals surface area (Å²) in [5, 5.41) is 3.58. The molecule has 0 saturated heterocycles. The third kappa shape index (κ3) is 3.81. The van der Waals surface area contributed by atoms with Gasteiger partial charge in [-0.25, -0.2) is 0 Å². The van der Waals surface area contributed by atoms with Gasteiger partial charge in [0, 0.05) is 17.0 Å². The van der Waals surface area contributed by atoms with E-state index in [1.54, 1.807) is 18.2 Å². The van der Waals surface area contributed by atoms with Crippen molar-refractivity contribution in [2.75, 3.05) is 6.61 Å². The lowest BCUT2D eigenvalue weighted by Crippen LogP contribution is -2.15. The summed E-state index contributed by atoms with van der Waals surface area (Å²) < 4.78 is 49.4. The molecule has 0 aliphatic carbocycles. The molecule has 5 rings (SSSR count). The number of fused-ring (bicyclic) bond motifs is 2.